The molecule has 0 saturated carbocycles. The highest BCUT2D eigenvalue weighted by Crippen LogP contribution is 2.23. The molecule has 142 valence electrons. The van der Waals surface area contributed by atoms with Gasteiger partial charge in [-0.05, 0) is 37.3 Å². The number of carbonyl (C=O) groups is 1. The zero-order chi connectivity index (χ0) is 19.7. The molecule has 0 aliphatic heterocycles. The summed E-state index contributed by atoms with van der Waals surface area (Å²) in [6.45, 7) is 1.99. The Morgan fingerprint density at radius 2 is 2.07 bits per heavy atom. The fourth-order valence-corrected chi connectivity index (χ4v) is 2.91. The number of amides is 1. The number of hydrogen-bond donors (Lipinski definition) is 1. The lowest BCUT2D eigenvalue weighted by Gasteiger charge is -2.10. The van der Waals surface area contributed by atoms with E-state index >= 15 is 0 Å². The van der Waals surface area contributed by atoms with Crippen LogP contribution in [0.2, 0.25) is 0 Å². The molecule has 1 amide bonds. The van der Waals surface area contributed by atoms with Crippen molar-refractivity contribution in [2.45, 2.75) is 13.5 Å². The Morgan fingerprint density at radius 3 is 2.89 bits per heavy atom. The van der Waals surface area contributed by atoms with Gasteiger partial charge in [-0.1, -0.05) is 12.1 Å². The quantitative estimate of drug-likeness (QED) is 0.572. The van der Waals surface area contributed by atoms with Crippen LogP contribution in [0.3, 0.4) is 0 Å². The number of carbonyl (C=O) groups excluding carboxylic acids is 1. The molecule has 2 aromatic heterocycles. The predicted molar refractivity (Wildman–Crippen MR) is 101 cm³/mol. The Hall–Kier alpha value is -3.75. The van der Waals surface area contributed by atoms with E-state index < -0.39 is 17.4 Å². The van der Waals surface area contributed by atoms with Gasteiger partial charge < -0.3 is 10.1 Å². The van der Waals surface area contributed by atoms with E-state index in [9.17, 15) is 14.0 Å². The van der Waals surface area contributed by atoms with Gasteiger partial charge in [0.05, 0.1) is 17.8 Å². The first-order chi connectivity index (χ1) is 13.6. The molecule has 0 unspecified atom stereocenters. The van der Waals surface area contributed by atoms with Gasteiger partial charge in [-0.2, -0.15) is 0 Å². The van der Waals surface area contributed by atoms with Crippen LogP contribution in [0.25, 0.3) is 16.6 Å². The lowest BCUT2D eigenvalue weighted by molar-refractivity contribution is -0.117. The number of fused-ring (bicyclic) bond motifs is 3. The smallest absolute Gasteiger partial charge is 0.352 e. The van der Waals surface area contributed by atoms with Gasteiger partial charge in [0.1, 0.15) is 24.4 Å². The first kappa shape index (κ1) is 17.7. The fraction of sp³-hybridized carbons (Fsp3) is 0.158. The van der Waals surface area contributed by atoms with Crippen molar-refractivity contribution in [1.29, 1.82) is 0 Å². The van der Waals surface area contributed by atoms with Crippen molar-refractivity contribution < 1.29 is 13.9 Å². The van der Waals surface area contributed by atoms with Crippen molar-refractivity contribution >= 4 is 28.1 Å². The molecule has 4 aromatic rings. The van der Waals surface area contributed by atoms with Gasteiger partial charge in [-0.25, -0.2) is 23.3 Å². The van der Waals surface area contributed by atoms with Crippen LogP contribution in [0.15, 0.2) is 53.6 Å². The maximum Gasteiger partial charge on any atom is 0.352 e. The van der Waals surface area contributed by atoms with E-state index in [1.54, 1.807) is 24.3 Å². The van der Waals surface area contributed by atoms with Gasteiger partial charge >= 0.3 is 5.69 Å². The zero-order valence-electron chi connectivity index (χ0n) is 14.9. The number of benzene rings is 2. The van der Waals surface area contributed by atoms with E-state index in [4.69, 9.17) is 4.74 Å². The van der Waals surface area contributed by atoms with E-state index in [-0.39, 0.29) is 12.2 Å². The highest BCUT2D eigenvalue weighted by molar-refractivity contribution is 5.93. The number of aromatic nitrogens is 4. The van der Waals surface area contributed by atoms with Crippen molar-refractivity contribution in [3.05, 3.63) is 65.1 Å². The summed E-state index contributed by atoms with van der Waals surface area (Å²) in [5.41, 5.74) is 0.695. The Balaban J connectivity index is 1.66. The van der Waals surface area contributed by atoms with Crippen molar-refractivity contribution in [3.63, 3.8) is 0 Å². The van der Waals surface area contributed by atoms with Crippen LogP contribution in [0.4, 0.5) is 10.1 Å². The molecule has 2 heterocycles. The number of nitrogens with one attached hydrogen (secondary N) is 1. The summed E-state index contributed by atoms with van der Waals surface area (Å²) in [5, 5.41) is 7.29. The summed E-state index contributed by atoms with van der Waals surface area (Å²) in [6.07, 6.45) is 1.31. The van der Waals surface area contributed by atoms with Gasteiger partial charge in [0, 0.05) is 5.39 Å². The molecule has 9 heteroatoms. The topological polar surface area (TPSA) is 90.5 Å². The molecule has 0 fully saturated rings. The fourth-order valence-electron chi connectivity index (χ4n) is 2.91. The summed E-state index contributed by atoms with van der Waals surface area (Å²) >= 11 is 0. The maximum atomic E-state index is 13.6. The van der Waals surface area contributed by atoms with Crippen molar-refractivity contribution in [1.82, 2.24) is 19.2 Å². The summed E-state index contributed by atoms with van der Waals surface area (Å²) in [7, 11) is 0. The third-order valence-electron chi connectivity index (χ3n) is 4.14. The van der Waals surface area contributed by atoms with Crippen molar-refractivity contribution in [2.24, 2.45) is 0 Å². The first-order valence-electron chi connectivity index (χ1n) is 8.62. The van der Waals surface area contributed by atoms with Crippen molar-refractivity contribution in [3.8, 4) is 5.75 Å². The third kappa shape index (κ3) is 3.18. The molecule has 28 heavy (non-hydrogen) atoms. The molecule has 0 radical (unpaired) electrons. The lowest BCUT2D eigenvalue weighted by atomic mass is 10.2. The minimum Gasteiger partial charge on any atom is -0.492 e. The third-order valence-corrected chi connectivity index (χ3v) is 4.14. The molecular formula is C19H16FN5O3. The highest BCUT2D eigenvalue weighted by atomic mass is 19.1. The number of rotatable bonds is 5. The highest BCUT2D eigenvalue weighted by Gasteiger charge is 2.15. The summed E-state index contributed by atoms with van der Waals surface area (Å²) < 4.78 is 21.3. The summed E-state index contributed by atoms with van der Waals surface area (Å²) in [4.78, 5) is 29.1. The molecule has 8 nitrogen and oxygen atoms in total. The van der Waals surface area contributed by atoms with Crippen LogP contribution in [-0.2, 0) is 11.3 Å². The number of nitrogens with zero attached hydrogens (tertiary/aromatic N) is 4. The van der Waals surface area contributed by atoms with E-state index in [0.717, 1.165) is 4.68 Å². The zero-order valence-corrected chi connectivity index (χ0v) is 14.9. The largest absolute Gasteiger partial charge is 0.492 e. The van der Waals surface area contributed by atoms with Gasteiger partial charge in [-0.15, -0.1) is 5.10 Å². The molecule has 0 aliphatic carbocycles. The Kier molecular flexibility index (Phi) is 4.48. The molecule has 1 N–H and O–H groups in total. The minimum absolute atomic E-state index is 0.233. The van der Waals surface area contributed by atoms with Gasteiger partial charge in [0.15, 0.2) is 5.65 Å². The van der Waals surface area contributed by atoms with Crippen LogP contribution in [0.1, 0.15) is 6.92 Å². The summed E-state index contributed by atoms with van der Waals surface area (Å²) in [6, 6.07) is 11.0. The van der Waals surface area contributed by atoms with Gasteiger partial charge in [-0.3, -0.25) is 4.79 Å². The lowest BCUT2D eigenvalue weighted by Crippen LogP contribution is -2.28. The van der Waals surface area contributed by atoms with Crippen LogP contribution < -0.4 is 15.7 Å². The molecular weight excluding hydrogens is 365 g/mol. The van der Waals surface area contributed by atoms with Crippen LogP contribution in [0.5, 0.6) is 5.75 Å². The Morgan fingerprint density at radius 1 is 1.25 bits per heavy atom. The number of hydrogen-bond acceptors (Lipinski definition) is 5. The molecule has 4 rings (SSSR count). The van der Waals surface area contributed by atoms with E-state index in [2.05, 4.69) is 15.4 Å². The predicted octanol–water partition coefficient (Wildman–Crippen LogP) is 2.22. The Bertz CT molecular complexity index is 1250. The van der Waals surface area contributed by atoms with E-state index in [0.29, 0.717) is 28.9 Å². The molecule has 0 spiro atoms. The first-order valence-corrected chi connectivity index (χ1v) is 8.62. The SMILES string of the molecule is CCOc1ccccc1NC(=O)Cn1nc2c3cc(F)ccc3ncn2c1=O. The molecule has 2 aromatic carbocycles. The monoisotopic (exact) mass is 381 g/mol. The summed E-state index contributed by atoms with van der Waals surface area (Å²) in [5.74, 6) is -0.373. The van der Waals surface area contributed by atoms with E-state index in [1.165, 1.54) is 28.9 Å². The average molecular weight is 381 g/mol. The minimum atomic E-state index is -0.540. The van der Waals surface area contributed by atoms with Gasteiger partial charge in [0.25, 0.3) is 0 Å². The standard InChI is InChI=1S/C19H16FN5O3/c1-2-28-16-6-4-3-5-15(16)22-17(26)10-25-19(27)24-11-21-14-8-7-12(20)9-13(14)18(24)23-25/h3-9,11H,2,10H2,1H3,(H,22,26). The number of ether oxygens (including phenoxy) is 1. The molecule has 0 saturated heterocycles. The Labute approximate surface area is 158 Å². The van der Waals surface area contributed by atoms with E-state index in [1.807, 2.05) is 6.92 Å². The second-order valence-electron chi connectivity index (χ2n) is 6.02. The second-order valence-corrected chi connectivity index (χ2v) is 6.02. The normalized spacial score (nSPS) is 11.1. The average Bonchev–Trinajstić information content (AvgIpc) is 2.99. The number of anilines is 1. The van der Waals surface area contributed by atoms with Crippen LogP contribution in [-0.4, -0.2) is 31.7 Å². The molecule has 0 aliphatic rings. The number of halogens is 1. The van der Waals surface area contributed by atoms with Gasteiger partial charge in [0.2, 0.25) is 5.91 Å². The molecule has 0 atom stereocenters. The van der Waals surface area contributed by atoms with Crippen molar-refractivity contribution in [2.75, 3.05) is 11.9 Å². The number of para-hydroxylation sites is 2. The second kappa shape index (κ2) is 7.10. The maximum absolute atomic E-state index is 13.6. The molecule has 0 bridgehead atoms. The van der Waals surface area contributed by atoms with Crippen LogP contribution >= 0.6 is 0 Å². The van der Waals surface area contributed by atoms with Crippen LogP contribution in [0, 0.1) is 5.82 Å².